The Bertz CT molecular complexity index is 1050. The fourth-order valence-electron chi connectivity index (χ4n) is 4.93. The van der Waals surface area contributed by atoms with Gasteiger partial charge in [0.15, 0.2) is 17.4 Å². The lowest BCUT2D eigenvalue weighted by Gasteiger charge is -2.32. The topological polar surface area (TPSA) is 64.0 Å². The average Bonchev–Trinajstić information content (AvgIpc) is 3.70. The van der Waals surface area contributed by atoms with E-state index in [9.17, 15) is 0 Å². The van der Waals surface area contributed by atoms with E-state index in [0.717, 1.165) is 35.2 Å². The maximum atomic E-state index is 5.62. The van der Waals surface area contributed by atoms with Crippen molar-refractivity contribution >= 4 is 5.82 Å². The van der Waals surface area contributed by atoms with Gasteiger partial charge in [-0.3, -0.25) is 9.97 Å². The second-order valence-corrected chi connectivity index (χ2v) is 9.15. The van der Waals surface area contributed by atoms with Crippen LogP contribution in [0.25, 0.3) is 11.4 Å². The van der Waals surface area contributed by atoms with Gasteiger partial charge in [0.25, 0.3) is 0 Å². The molecule has 0 saturated heterocycles. The second kappa shape index (κ2) is 9.23. The molecule has 6 heteroatoms. The first-order valence-corrected chi connectivity index (χ1v) is 11.7. The summed E-state index contributed by atoms with van der Waals surface area (Å²) in [5.41, 5.74) is 3.41. The number of aromatic nitrogens is 4. The second-order valence-electron chi connectivity index (χ2n) is 9.15. The van der Waals surface area contributed by atoms with Crippen LogP contribution in [0.5, 0.6) is 5.75 Å². The van der Waals surface area contributed by atoms with Crippen molar-refractivity contribution < 1.29 is 4.74 Å². The zero-order valence-electron chi connectivity index (χ0n) is 18.9. The van der Waals surface area contributed by atoms with E-state index in [2.05, 4.69) is 45.1 Å². The predicted octanol–water partition coefficient (Wildman–Crippen LogP) is 5.23. The first-order chi connectivity index (χ1) is 15.7. The van der Waals surface area contributed by atoms with E-state index >= 15 is 0 Å². The summed E-state index contributed by atoms with van der Waals surface area (Å²) in [7, 11) is 3.80. The van der Waals surface area contributed by atoms with Crippen molar-refractivity contribution in [2.45, 2.75) is 50.4 Å². The van der Waals surface area contributed by atoms with Crippen molar-refractivity contribution in [2.24, 2.45) is 5.92 Å². The molecule has 0 spiro atoms. The molecule has 0 N–H and O–H groups in total. The number of hydrogen-bond donors (Lipinski definition) is 0. The number of hydrogen-bond acceptors (Lipinski definition) is 6. The Balaban J connectivity index is 1.30. The van der Waals surface area contributed by atoms with Crippen LogP contribution in [0.15, 0.2) is 48.9 Å². The van der Waals surface area contributed by atoms with E-state index in [1.54, 1.807) is 13.3 Å². The Morgan fingerprint density at radius 2 is 1.69 bits per heavy atom. The fraction of sp³-hybridized carbons (Fsp3) is 0.462. The molecule has 2 fully saturated rings. The fourth-order valence-corrected chi connectivity index (χ4v) is 4.93. The number of anilines is 1. The third kappa shape index (κ3) is 4.45. The highest BCUT2D eigenvalue weighted by atomic mass is 16.5. The minimum atomic E-state index is 0.548. The quantitative estimate of drug-likeness (QED) is 0.512. The highest BCUT2D eigenvalue weighted by molar-refractivity contribution is 5.64. The van der Waals surface area contributed by atoms with Crippen molar-refractivity contribution in [2.75, 3.05) is 25.6 Å². The van der Waals surface area contributed by atoms with Crippen LogP contribution in [0.4, 0.5) is 5.82 Å². The van der Waals surface area contributed by atoms with E-state index in [-0.39, 0.29) is 0 Å². The van der Waals surface area contributed by atoms with Gasteiger partial charge in [0.2, 0.25) is 0 Å². The Labute approximate surface area is 190 Å². The minimum Gasteiger partial charge on any atom is -0.491 e. The summed E-state index contributed by atoms with van der Waals surface area (Å²) < 4.78 is 5.62. The Hall–Kier alpha value is -3.02. The lowest BCUT2D eigenvalue weighted by atomic mass is 9.80. The largest absolute Gasteiger partial charge is 0.491 e. The summed E-state index contributed by atoms with van der Waals surface area (Å²) in [4.78, 5) is 21.0. The molecule has 166 valence electrons. The third-order valence-electron chi connectivity index (χ3n) is 6.85. The van der Waals surface area contributed by atoms with E-state index in [1.165, 1.54) is 44.2 Å². The van der Waals surface area contributed by atoms with E-state index in [1.807, 2.05) is 24.5 Å². The molecular weight excluding hydrogens is 398 g/mol. The van der Waals surface area contributed by atoms with Gasteiger partial charge in [-0.05, 0) is 68.7 Å². The molecule has 2 saturated carbocycles. The van der Waals surface area contributed by atoms with Crippen LogP contribution in [-0.2, 0) is 0 Å². The number of ether oxygens (including phenoxy) is 1. The lowest BCUT2D eigenvalue weighted by Crippen LogP contribution is -2.29. The summed E-state index contributed by atoms with van der Waals surface area (Å²) >= 11 is 0. The van der Waals surface area contributed by atoms with Crippen molar-refractivity contribution in [3.8, 4) is 17.1 Å². The average molecular weight is 430 g/mol. The van der Waals surface area contributed by atoms with Crippen LogP contribution in [0.3, 0.4) is 0 Å². The van der Waals surface area contributed by atoms with Gasteiger partial charge in [-0.1, -0.05) is 6.07 Å². The van der Waals surface area contributed by atoms with Crippen LogP contribution >= 0.6 is 0 Å². The standard InChI is InChI=1S/C26H31N5O/c1-31(17-18-8-10-19(11-9-18)22-7-3-4-14-27-22)26-23(32-2)16-29-25(30-26)21-6-5-15-28-24(21)20-12-13-20/h3-7,14-16,18-20H,8-13,17H2,1-2H3. The number of pyridine rings is 2. The highest BCUT2D eigenvalue weighted by Gasteiger charge is 2.29. The summed E-state index contributed by atoms with van der Waals surface area (Å²) in [6.45, 7) is 0.963. The van der Waals surface area contributed by atoms with E-state index < -0.39 is 0 Å². The first-order valence-electron chi connectivity index (χ1n) is 11.7. The normalized spacial score (nSPS) is 20.7. The van der Waals surface area contributed by atoms with Crippen LogP contribution in [0, 0.1) is 5.92 Å². The molecule has 2 aliphatic rings. The van der Waals surface area contributed by atoms with Crippen LogP contribution in [-0.4, -0.2) is 40.6 Å². The van der Waals surface area contributed by atoms with Gasteiger partial charge in [-0.2, -0.15) is 0 Å². The van der Waals surface area contributed by atoms with Gasteiger partial charge in [-0.25, -0.2) is 9.97 Å². The molecule has 0 aromatic carbocycles. The molecule has 0 bridgehead atoms. The third-order valence-corrected chi connectivity index (χ3v) is 6.85. The van der Waals surface area contributed by atoms with Crippen LogP contribution in [0.2, 0.25) is 0 Å². The smallest absolute Gasteiger partial charge is 0.179 e. The summed E-state index contributed by atoms with van der Waals surface area (Å²) in [5, 5.41) is 0. The SMILES string of the molecule is COc1cnc(-c2cccnc2C2CC2)nc1N(C)CC1CCC(c2ccccn2)CC1. The Kier molecular flexibility index (Phi) is 6.02. The molecule has 5 rings (SSSR count). The monoisotopic (exact) mass is 429 g/mol. The maximum Gasteiger partial charge on any atom is 0.179 e. The molecule has 32 heavy (non-hydrogen) atoms. The van der Waals surface area contributed by atoms with Gasteiger partial charge in [-0.15, -0.1) is 0 Å². The molecule has 0 unspecified atom stereocenters. The first kappa shape index (κ1) is 20.9. The van der Waals surface area contributed by atoms with Gasteiger partial charge in [0.05, 0.1) is 19.0 Å². The number of rotatable bonds is 7. The van der Waals surface area contributed by atoms with Gasteiger partial charge in [0, 0.05) is 49.1 Å². The van der Waals surface area contributed by atoms with Crippen molar-refractivity contribution in [3.05, 3.63) is 60.3 Å². The summed E-state index contributed by atoms with van der Waals surface area (Å²) in [6.07, 6.45) is 12.8. The van der Waals surface area contributed by atoms with Crippen molar-refractivity contribution in [1.82, 2.24) is 19.9 Å². The number of nitrogens with zero attached hydrogens (tertiary/aromatic N) is 5. The molecular formula is C26H31N5O. The Morgan fingerprint density at radius 3 is 2.41 bits per heavy atom. The zero-order valence-corrected chi connectivity index (χ0v) is 18.9. The van der Waals surface area contributed by atoms with E-state index in [0.29, 0.717) is 17.8 Å². The molecule has 6 nitrogen and oxygen atoms in total. The van der Waals surface area contributed by atoms with Crippen molar-refractivity contribution in [1.29, 1.82) is 0 Å². The molecule has 3 aromatic rings. The van der Waals surface area contributed by atoms with E-state index in [4.69, 9.17) is 9.72 Å². The molecule has 0 radical (unpaired) electrons. The molecule has 0 atom stereocenters. The molecule has 3 aromatic heterocycles. The molecule has 2 aliphatic carbocycles. The molecule has 3 heterocycles. The Morgan fingerprint density at radius 1 is 0.906 bits per heavy atom. The number of methoxy groups -OCH3 is 1. The van der Waals surface area contributed by atoms with Crippen LogP contribution in [0.1, 0.15) is 61.7 Å². The van der Waals surface area contributed by atoms with Gasteiger partial charge in [0.1, 0.15) is 0 Å². The van der Waals surface area contributed by atoms with Gasteiger partial charge < -0.3 is 9.64 Å². The predicted molar refractivity (Wildman–Crippen MR) is 126 cm³/mol. The van der Waals surface area contributed by atoms with Crippen LogP contribution < -0.4 is 9.64 Å². The van der Waals surface area contributed by atoms with Gasteiger partial charge >= 0.3 is 0 Å². The minimum absolute atomic E-state index is 0.548. The lowest BCUT2D eigenvalue weighted by molar-refractivity contribution is 0.325. The molecule has 0 aliphatic heterocycles. The maximum absolute atomic E-state index is 5.62. The zero-order chi connectivity index (χ0) is 21.9. The highest BCUT2D eigenvalue weighted by Crippen LogP contribution is 2.43. The summed E-state index contributed by atoms with van der Waals surface area (Å²) in [5.74, 6) is 4.09. The molecule has 0 amide bonds. The summed E-state index contributed by atoms with van der Waals surface area (Å²) in [6, 6.07) is 10.3. The van der Waals surface area contributed by atoms with Crippen molar-refractivity contribution in [3.63, 3.8) is 0 Å².